The van der Waals surface area contributed by atoms with Crippen molar-refractivity contribution in [2.24, 2.45) is 0 Å². The number of aliphatic carboxylic acids is 1. The van der Waals surface area contributed by atoms with E-state index in [0.29, 0.717) is 0 Å². The maximum atomic E-state index is 10.3. The van der Waals surface area contributed by atoms with E-state index >= 15 is 0 Å². The maximum Gasteiger partial charge on any atom is 0.307 e. The molecule has 0 unspecified atom stereocenters. The molecule has 0 rings (SSSR count). The van der Waals surface area contributed by atoms with Crippen molar-refractivity contribution in [1.82, 2.24) is 0 Å². The number of allylic oxidation sites excluding steroid dienone is 3. The van der Waals surface area contributed by atoms with Gasteiger partial charge in [-0.15, -0.1) is 0 Å². The van der Waals surface area contributed by atoms with Crippen molar-refractivity contribution >= 4 is 5.97 Å². The lowest BCUT2D eigenvalue weighted by atomic mass is 10.1. The number of carbonyl (C=O) groups is 1. The van der Waals surface area contributed by atoms with Gasteiger partial charge in [0.1, 0.15) is 0 Å². The lowest BCUT2D eigenvalue weighted by Crippen LogP contribution is -1.89. The van der Waals surface area contributed by atoms with Gasteiger partial charge >= 0.3 is 5.97 Å². The first-order valence-electron chi connectivity index (χ1n) is 9.29. The van der Waals surface area contributed by atoms with Crippen LogP contribution in [0.5, 0.6) is 0 Å². The van der Waals surface area contributed by atoms with Gasteiger partial charge in [-0.05, 0) is 25.7 Å². The molecular formula is C20H36O2. The lowest BCUT2D eigenvalue weighted by molar-refractivity contribution is -0.136. The first-order chi connectivity index (χ1) is 10.8. The molecule has 0 aliphatic heterocycles. The number of carboxylic acid groups (broad SMARTS) is 1. The van der Waals surface area contributed by atoms with E-state index in [2.05, 4.69) is 19.1 Å². The fraction of sp³-hybridized carbons (Fsp3) is 0.750. The summed E-state index contributed by atoms with van der Waals surface area (Å²) in [4.78, 5) is 10.3. The van der Waals surface area contributed by atoms with Gasteiger partial charge in [-0.2, -0.15) is 0 Å². The molecule has 0 bridgehead atoms. The minimum absolute atomic E-state index is 0.141. The Morgan fingerprint density at radius 2 is 1.14 bits per heavy atom. The molecule has 0 radical (unpaired) electrons. The van der Waals surface area contributed by atoms with Crippen molar-refractivity contribution < 1.29 is 9.90 Å². The van der Waals surface area contributed by atoms with Crippen LogP contribution in [0.15, 0.2) is 24.3 Å². The molecule has 0 saturated carbocycles. The van der Waals surface area contributed by atoms with Crippen molar-refractivity contribution in [3.05, 3.63) is 24.3 Å². The van der Waals surface area contributed by atoms with E-state index in [4.69, 9.17) is 5.11 Å². The van der Waals surface area contributed by atoms with Gasteiger partial charge in [0.15, 0.2) is 0 Å². The lowest BCUT2D eigenvalue weighted by Gasteiger charge is -2.01. The Morgan fingerprint density at radius 3 is 1.68 bits per heavy atom. The van der Waals surface area contributed by atoms with E-state index in [1.54, 1.807) is 6.08 Å². The van der Waals surface area contributed by atoms with Crippen LogP contribution in [-0.2, 0) is 4.79 Å². The summed E-state index contributed by atoms with van der Waals surface area (Å²) >= 11 is 0. The summed E-state index contributed by atoms with van der Waals surface area (Å²) in [6.45, 7) is 2.27. The summed E-state index contributed by atoms with van der Waals surface area (Å²) in [5.74, 6) is -0.757. The molecule has 2 heteroatoms. The molecule has 0 aliphatic rings. The van der Waals surface area contributed by atoms with E-state index in [9.17, 15) is 4.79 Å². The van der Waals surface area contributed by atoms with Crippen LogP contribution >= 0.6 is 0 Å². The predicted octanol–water partition coefficient (Wildman–Crippen LogP) is 6.66. The SMILES string of the molecule is CCCCCCCCCCCC/C=C\CC/C=C\CC(=O)O. The van der Waals surface area contributed by atoms with Crippen LogP contribution in [0.2, 0.25) is 0 Å². The zero-order chi connectivity index (χ0) is 16.3. The monoisotopic (exact) mass is 308 g/mol. The Morgan fingerprint density at radius 1 is 0.682 bits per heavy atom. The Bertz CT molecular complexity index is 292. The first kappa shape index (κ1) is 20.9. The van der Waals surface area contributed by atoms with Crippen molar-refractivity contribution in [3.63, 3.8) is 0 Å². The third-order valence-corrected chi connectivity index (χ3v) is 3.85. The van der Waals surface area contributed by atoms with Gasteiger partial charge in [0.2, 0.25) is 0 Å². The van der Waals surface area contributed by atoms with E-state index in [0.717, 1.165) is 12.8 Å². The molecule has 0 aromatic carbocycles. The smallest absolute Gasteiger partial charge is 0.307 e. The summed E-state index contributed by atoms with van der Waals surface area (Å²) in [7, 11) is 0. The van der Waals surface area contributed by atoms with E-state index in [-0.39, 0.29) is 6.42 Å². The average Bonchev–Trinajstić information content (AvgIpc) is 2.50. The molecule has 0 spiro atoms. The van der Waals surface area contributed by atoms with Crippen LogP contribution in [-0.4, -0.2) is 11.1 Å². The standard InChI is InChI=1S/C20H36O2/c1-2-3-4-5-6-7-8-9-10-11-12-13-14-15-16-17-18-19-20(21)22/h13-14,17-18H,2-12,15-16,19H2,1H3,(H,21,22)/b14-13-,18-17-. The largest absolute Gasteiger partial charge is 0.481 e. The number of hydrogen-bond acceptors (Lipinski definition) is 1. The molecule has 0 aliphatic carbocycles. The van der Waals surface area contributed by atoms with Gasteiger partial charge in [-0.1, -0.05) is 89.0 Å². The third-order valence-electron chi connectivity index (χ3n) is 3.85. The van der Waals surface area contributed by atoms with Crippen molar-refractivity contribution in [2.75, 3.05) is 0 Å². The normalized spacial score (nSPS) is 11.7. The Hall–Kier alpha value is -1.05. The topological polar surface area (TPSA) is 37.3 Å². The quantitative estimate of drug-likeness (QED) is 0.255. The zero-order valence-corrected chi connectivity index (χ0v) is 14.6. The summed E-state index contributed by atoms with van der Waals surface area (Å²) in [5.41, 5.74) is 0. The van der Waals surface area contributed by atoms with Crippen LogP contribution in [0.1, 0.15) is 96.8 Å². The maximum absolute atomic E-state index is 10.3. The molecule has 0 saturated heterocycles. The minimum atomic E-state index is -0.757. The zero-order valence-electron chi connectivity index (χ0n) is 14.6. The summed E-state index contributed by atoms with van der Waals surface area (Å²) in [6, 6.07) is 0. The molecule has 0 atom stereocenters. The van der Waals surface area contributed by atoms with E-state index in [1.807, 2.05) is 6.08 Å². The highest BCUT2D eigenvalue weighted by Crippen LogP contribution is 2.11. The van der Waals surface area contributed by atoms with Gasteiger partial charge in [0.25, 0.3) is 0 Å². The van der Waals surface area contributed by atoms with Gasteiger partial charge < -0.3 is 5.11 Å². The highest BCUT2D eigenvalue weighted by Gasteiger charge is 1.92. The molecule has 1 N–H and O–H groups in total. The van der Waals surface area contributed by atoms with E-state index in [1.165, 1.54) is 70.6 Å². The van der Waals surface area contributed by atoms with Crippen LogP contribution in [0.3, 0.4) is 0 Å². The molecule has 2 nitrogen and oxygen atoms in total. The molecule has 0 heterocycles. The number of hydrogen-bond donors (Lipinski definition) is 1. The highest BCUT2D eigenvalue weighted by molar-refractivity contribution is 5.68. The highest BCUT2D eigenvalue weighted by atomic mass is 16.4. The molecular weight excluding hydrogens is 272 g/mol. The molecule has 0 amide bonds. The summed E-state index contributed by atoms with van der Waals surface area (Å²) < 4.78 is 0. The van der Waals surface area contributed by atoms with Gasteiger partial charge in [-0.3, -0.25) is 4.79 Å². The second-order valence-corrected chi connectivity index (χ2v) is 6.09. The predicted molar refractivity (Wildman–Crippen MR) is 96.2 cm³/mol. The third kappa shape index (κ3) is 18.9. The Labute approximate surface area is 137 Å². The van der Waals surface area contributed by atoms with Crippen LogP contribution in [0, 0.1) is 0 Å². The van der Waals surface area contributed by atoms with Crippen molar-refractivity contribution in [1.29, 1.82) is 0 Å². The van der Waals surface area contributed by atoms with Crippen molar-refractivity contribution in [2.45, 2.75) is 96.8 Å². The number of unbranched alkanes of at least 4 members (excludes halogenated alkanes) is 11. The molecule has 0 aromatic rings. The first-order valence-corrected chi connectivity index (χ1v) is 9.29. The molecule has 0 fully saturated rings. The number of rotatable bonds is 16. The second-order valence-electron chi connectivity index (χ2n) is 6.09. The molecule has 22 heavy (non-hydrogen) atoms. The fourth-order valence-corrected chi connectivity index (χ4v) is 2.48. The average molecular weight is 309 g/mol. The molecule has 128 valence electrons. The van der Waals surface area contributed by atoms with E-state index < -0.39 is 5.97 Å². The fourth-order valence-electron chi connectivity index (χ4n) is 2.48. The number of carboxylic acids is 1. The van der Waals surface area contributed by atoms with Crippen LogP contribution in [0.25, 0.3) is 0 Å². The van der Waals surface area contributed by atoms with Gasteiger partial charge in [-0.25, -0.2) is 0 Å². The second kappa shape index (κ2) is 18.0. The summed E-state index contributed by atoms with van der Waals surface area (Å²) in [5, 5.41) is 8.47. The van der Waals surface area contributed by atoms with Crippen LogP contribution < -0.4 is 0 Å². The van der Waals surface area contributed by atoms with Gasteiger partial charge in [0, 0.05) is 0 Å². The molecule has 0 aromatic heterocycles. The van der Waals surface area contributed by atoms with Crippen molar-refractivity contribution in [3.8, 4) is 0 Å². The Balaban J connectivity index is 3.14. The van der Waals surface area contributed by atoms with Crippen LogP contribution in [0.4, 0.5) is 0 Å². The minimum Gasteiger partial charge on any atom is -0.481 e. The summed E-state index contributed by atoms with van der Waals surface area (Å²) in [6.07, 6.45) is 25.4. The Kier molecular flexibility index (Phi) is 17.1. The van der Waals surface area contributed by atoms with Gasteiger partial charge in [0.05, 0.1) is 6.42 Å².